The summed E-state index contributed by atoms with van der Waals surface area (Å²) in [5.41, 5.74) is 0.635. The van der Waals surface area contributed by atoms with Crippen molar-refractivity contribution < 1.29 is 9.53 Å². The maximum absolute atomic E-state index is 12.3. The van der Waals surface area contributed by atoms with Crippen molar-refractivity contribution in [3.05, 3.63) is 33.2 Å². The zero-order valence-electron chi connectivity index (χ0n) is 10.5. The van der Waals surface area contributed by atoms with Gasteiger partial charge in [-0.1, -0.05) is 0 Å². The highest BCUT2D eigenvalue weighted by molar-refractivity contribution is 7.15. The zero-order chi connectivity index (χ0) is 13.4. The smallest absolute Gasteiger partial charge is 0.271 e. The van der Waals surface area contributed by atoms with E-state index in [0.717, 1.165) is 5.69 Å². The van der Waals surface area contributed by atoms with Gasteiger partial charge >= 0.3 is 0 Å². The number of morpholine rings is 1. The van der Waals surface area contributed by atoms with Crippen LogP contribution in [0.5, 0.6) is 0 Å². The van der Waals surface area contributed by atoms with Gasteiger partial charge < -0.3 is 9.64 Å². The summed E-state index contributed by atoms with van der Waals surface area (Å²) in [7, 11) is 0. The average Bonchev–Trinajstić information content (AvgIpc) is 2.82. The first-order valence-corrected chi connectivity index (χ1v) is 6.89. The predicted molar refractivity (Wildman–Crippen MR) is 70.8 cm³/mol. The van der Waals surface area contributed by atoms with Gasteiger partial charge in [0.2, 0.25) is 0 Å². The number of carbonyl (C=O) groups is 1. The van der Waals surface area contributed by atoms with Gasteiger partial charge in [-0.15, -0.1) is 11.3 Å². The highest BCUT2D eigenvalue weighted by Crippen LogP contribution is 2.12. The summed E-state index contributed by atoms with van der Waals surface area (Å²) in [4.78, 5) is 31.1. The van der Waals surface area contributed by atoms with Gasteiger partial charge in [0.05, 0.1) is 13.2 Å². The number of hydrogen-bond acceptors (Lipinski definition) is 5. The van der Waals surface area contributed by atoms with E-state index in [4.69, 9.17) is 4.74 Å². The maximum atomic E-state index is 12.3. The van der Waals surface area contributed by atoms with Crippen molar-refractivity contribution in [1.29, 1.82) is 0 Å². The van der Waals surface area contributed by atoms with Crippen LogP contribution in [0.25, 0.3) is 4.96 Å². The minimum absolute atomic E-state index is 0.126. The number of fused-ring (bicyclic) bond motifs is 1. The molecule has 2 aromatic heterocycles. The molecule has 0 saturated carbocycles. The van der Waals surface area contributed by atoms with E-state index in [1.54, 1.807) is 4.90 Å². The van der Waals surface area contributed by atoms with Gasteiger partial charge in [0, 0.05) is 30.4 Å². The van der Waals surface area contributed by atoms with E-state index >= 15 is 0 Å². The zero-order valence-corrected chi connectivity index (χ0v) is 11.3. The maximum Gasteiger partial charge on any atom is 0.271 e. The topological polar surface area (TPSA) is 63.9 Å². The molecule has 0 radical (unpaired) electrons. The Balaban J connectivity index is 2.05. The molecule has 7 heteroatoms. The van der Waals surface area contributed by atoms with Gasteiger partial charge in [-0.2, -0.15) is 0 Å². The van der Waals surface area contributed by atoms with Gasteiger partial charge in [0.1, 0.15) is 5.56 Å². The van der Waals surface area contributed by atoms with Crippen molar-refractivity contribution in [1.82, 2.24) is 14.3 Å². The van der Waals surface area contributed by atoms with Crippen molar-refractivity contribution in [2.24, 2.45) is 0 Å². The largest absolute Gasteiger partial charge is 0.378 e. The summed E-state index contributed by atoms with van der Waals surface area (Å²) >= 11 is 1.39. The second-order valence-electron chi connectivity index (χ2n) is 4.38. The molecule has 6 nitrogen and oxygen atoms in total. The van der Waals surface area contributed by atoms with E-state index in [9.17, 15) is 9.59 Å². The molecule has 19 heavy (non-hydrogen) atoms. The highest BCUT2D eigenvalue weighted by atomic mass is 32.1. The number of aryl methyl sites for hydroxylation is 1. The van der Waals surface area contributed by atoms with Crippen LogP contribution in [0.15, 0.2) is 16.4 Å². The minimum atomic E-state index is -0.291. The summed E-state index contributed by atoms with van der Waals surface area (Å²) < 4.78 is 6.69. The molecule has 1 fully saturated rings. The Morgan fingerprint density at radius 1 is 1.42 bits per heavy atom. The van der Waals surface area contributed by atoms with Gasteiger partial charge in [-0.25, -0.2) is 4.98 Å². The van der Waals surface area contributed by atoms with Crippen LogP contribution >= 0.6 is 11.3 Å². The highest BCUT2D eigenvalue weighted by Gasteiger charge is 2.22. The van der Waals surface area contributed by atoms with Crippen molar-refractivity contribution in [3.63, 3.8) is 0 Å². The average molecular weight is 279 g/mol. The molecule has 0 aromatic carbocycles. The van der Waals surface area contributed by atoms with Crippen LogP contribution in [-0.2, 0) is 4.74 Å². The second-order valence-corrected chi connectivity index (χ2v) is 5.21. The number of hydrogen-bond donors (Lipinski definition) is 0. The predicted octanol–water partition coefficient (Wildman–Crippen LogP) is 0.537. The Labute approximate surface area is 113 Å². The summed E-state index contributed by atoms with van der Waals surface area (Å²) in [6.45, 7) is 3.89. The van der Waals surface area contributed by atoms with E-state index in [2.05, 4.69) is 4.98 Å². The molecule has 0 N–H and O–H groups in total. The van der Waals surface area contributed by atoms with Crippen LogP contribution in [0.4, 0.5) is 0 Å². The lowest BCUT2D eigenvalue weighted by Gasteiger charge is -2.26. The van der Waals surface area contributed by atoms with E-state index in [0.29, 0.717) is 31.3 Å². The summed E-state index contributed by atoms with van der Waals surface area (Å²) in [5, 5.41) is 1.85. The third-order valence-electron chi connectivity index (χ3n) is 3.15. The molecule has 1 aliphatic heterocycles. The summed E-state index contributed by atoms with van der Waals surface area (Å²) in [5.74, 6) is -0.263. The number of rotatable bonds is 1. The van der Waals surface area contributed by atoms with E-state index < -0.39 is 0 Å². The molecule has 0 bridgehead atoms. The summed E-state index contributed by atoms with van der Waals surface area (Å²) in [6.07, 6.45) is 1.38. The van der Waals surface area contributed by atoms with E-state index in [1.165, 1.54) is 21.9 Å². The fraction of sp³-hybridized carbons (Fsp3) is 0.417. The fourth-order valence-electron chi connectivity index (χ4n) is 2.11. The Kier molecular flexibility index (Phi) is 3.08. The molecular formula is C12H13N3O3S. The number of ether oxygens (including phenoxy) is 1. The Morgan fingerprint density at radius 3 is 2.89 bits per heavy atom. The molecule has 1 amide bonds. The monoisotopic (exact) mass is 279 g/mol. The number of aromatic nitrogens is 2. The van der Waals surface area contributed by atoms with Crippen LogP contribution in [0, 0.1) is 6.92 Å². The summed E-state index contributed by atoms with van der Waals surface area (Å²) in [6, 6.07) is 0. The van der Waals surface area contributed by atoms with Crippen LogP contribution in [0.3, 0.4) is 0 Å². The second kappa shape index (κ2) is 4.75. The Hall–Kier alpha value is -1.73. The lowest BCUT2D eigenvalue weighted by Crippen LogP contribution is -2.43. The van der Waals surface area contributed by atoms with Gasteiger partial charge in [0.15, 0.2) is 4.96 Å². The van der Waals surface area contributed by atoms with Gasteiger partial charge in [-0.3, -0.25) is 14.0 Å². The molecule has 1 saturated heterocycles. The third-order valence-corrected chi connectivity index (χ3v) is 4.10. The lowest BCUT2D eigenvalue weighted by atomic mass is 10.2. The molecule has 3 rings (SSSR count). The number of nitrogens with zero attached hydrogens (tertiary/aromatic N) is 3. The molecule has 0 atom stereocenters. The molecule has 0 spiro atoms. The number of carbonyl (C=O) groups excluding carboxylic acids is 1. The molecule has 3 heterocycles. The van der Waals surface area contributed by atoms with Crippen molar-refractivity contribution in [2.75, 3.05) is 26.3 Å². The van der Waals surface area contributed by atoms with Crippen molar-refractivity contribution >= 4 is 22.2 Å². The van der Waals surface area contributed by atoms with Crippen LogP contribution in [0.1, 0.15) is 16.1 Å². The Morgan fingerprint density at radius 2 is 2.16 bits per heavy atom. The molecular weight excluding hydrogens is 266 g/mol. The molecule has 100 valence electrons. The minimum Gasteiger partial charge on any atom is -0.378 e. The van der Waals surface area contributed by atoms with E-state index in [-0.39, 0.29) is 17.0 Å². The first kappa shape index (κ1) is 12.3. The Bertz CT molecular complexity index is 685. The molecule has 0 unspecified atom stereocenters. The standard InChI is InChI=1S/C12H13N3O3S/c1-8-7-19-12-13-6-9(11(17)15(8)12)10(16)14-2-4-18-5-3-14/h6-7H,2-5H2,1H3. The number of amides is 1. The quantitative estimate of drug-likeness (QED) is 0.764. The van der Waals surface area contributed by atoms with Crippen LogP contribution in [-0.4, -0.2) is 46.5 Å². The normalized spacial score (nSPS) is 15.9. The van der Waals surface area contributed by atoms with Crippen LogP contribution < -0.4 is 5.56 Å². The lowest BCUT2D eigenvalue weighted by molar-refractivity contribution is 0.0301. The molecule has 1 aliphatic rings. The van der Waals surface area contributed by atoms with E-state index in [1.807, 2.05) is 12.3 Å². The SMILES string of the molecule is Cc1csc2ncc(C(=O)N3CCOCC3)c(=O)n12. The first-order chi connectivity index (χ1) is 9.18. The van der Waals surface area contributed by atoms with Gasteiger partial charge in [-0.05, 0) is 6.92 Å². The molecule has 0 aliphatic carbocycles. The first-order valence-electron chi connectivity index (χ1n) is 6.01. The fourth-order valence-corrected chi connectivity index (χ4v) is 2.94. The van der Waals surface area contributed by atoms with Crippen molar-refractivity contribution in [2.45, 2.75) is 6.92 Å². The number of thiazole rings is 1. The third kappa shape index (κ3) is 2.04. The molecule has 2 aromatic rings. The van der Waals surface area contributed by atoms with Crippen LogP contribution in [0.2, 0.25) is 0 Å². The van der Waals surface area contributed by atoms with Crippen molar-refractivity contribution in [3.8, 4) is 0 Å². The van der Waals surface area contributed by atoms with Gasteiger partial charge in [0.25, 0.3) is 11.5 Å².